The van der Waals surface area contributed by atoms with Gasteiger partial charge in [0.1, 0.15) is 0 Å². The minimum absolute atomic E-state index is 0.247. The molecule has 15 heavy (non-hydrogen) atoms. The molecule has 80 valence electrons. The Labute approximate surface area is 90.4 Å². The van der Waals surface area contributed by atoms with Gasteiger partial charge in [-0.05, 0) is 42.7 Å². The summed E-state index contributed by atoms with van der Waals surface area (Å²) in [5, 5.41) is 0. The van der Waals surface area contributed by atoms with Crippen molar-refractivity contribution in [1.82, 2.24) is 0 Å². The fourth-order valence-electron chi connectivity index (χ4n) is 2.35. The fourth-order valence-corrected chi connectivity index (χ4v) is 2.35. The fraction of sp³-hybridized carbons (Fsp3) is 0.538. The zero-order valence-corrected chi connectivity index (χ0v) is 8.91. The van der Waals surface area contributed by atoms with Crippen LogP contribution in [0.3, 0.4) is 0 Å². The molecule has 0 spiro atoms. The SMILES string of the molecule is NOCC1(c2ccc(C3CC3)cc2)CC1. The second-order valence-electron chi connectivity index (χ2n) is 4.99. The molecule has 2 saturated carbocycles. The summed E-state index contributed by atoms with van der Waals surface area (Å²) in [6, 6.07) is 9.09. The van der Waals surface area contributed by atoms with E-state index in [-0.39, 0.29) is 5.41 Å². The topological polar surface area (TPSA) is 35.2 Å². The highest BCUT2D eigenvalue weighted by Crippen LogP contribution is 2.49. The van der Waals surface area contributed by atoms with Crippen LogP contribution in [0.5, 0.6) is 0 Å². The molecule has 2 aliphatic rings. The van der Waals surface area contributed by atoms with Crippen molar-refractivity contribution in [3.05, 3.63) is 35.4 Å². The van der Waals surface area contributed by atoms with Crippen molar-refractivity contribution >= 4 is 0 Å². The average molecular weight is 203 g/mol. The van der Waals surface area contributed by atoms with E-state index in [0.717, 1.165) is 5.92 Å². The lowest BCUT2D eigenvalue weighted by atomic mass is 9.95. The monoisotopic (exact) mass is 203 g/mol. The van der Waals surface area contributed by atoms with Crippen molar-refractivity contribution in [3.8, 4) is 0 Å². The molecule has 1 aromatic rings. The summed E-state index contributed by atoms with van der Waals surface area (Å²) in [6.45, 7) is 0.662. The van der Waals surface area contributed by atoms with Crippen LogP contribution in [0.15, 0.2) is 24.3 Å². The summed E-state index contributed by atoms with van der Waals surface area (Å²) < 4.78 is 0. The minimum atomic E-state index is 0.247. The molecule has 1 aromatic carbocycles. The zero-order valence-electron chi connectivity index (χ0n) is 8.91. The summed E-state index contributed by atoms with van der Waals surface area (Å²) in [5.41, 5.74) is 3.15. The predicted octanol–water partition coefficient (Wildman–Crippen LogP) is 2.49. The van der Waals surface area contributed by atoms with E-state index in [1.54, 1.807) is 0 Å². The molecular weight excluding hydrogens is 186 g/mol. The van der Waals surface area contributed by atoms with E-state index in [1.807, 2.05) is 0 Å². The lowest BCUT2D eigenvalue weighted by molar-refractivity contribution is 0.116. The summed E-state index contributed by atoms with van der Waals surface area (Å²) in [5.74, 6) is 6.03. The van der Waals surface area contributed by atoms with Crippen molar-refractivity contribution < 1.29 is 4.84 Å². The van der Waals surface area contributed by atoms with Gasteiger partial charge in [-0.3, -0.25) is 0 Å². The van der Waals surface area contributed by atoms with E-state index in [0.29, 0.717) is 6.61 Å². The van der Waals surface area contributed by atoms with Gasteiger partial charge in [-0.15, -0.1) is 0 Å². The molecule has 0 bridgehead atoms. The summed E-state index contributed by atoms with van der Waals surface area (Å²) in [6.07, 6.45) is 5.17. The molecule has 2 fully saturated rings. The van der Waals surface area contributed by atoms with Gasteiger partial charge in [-0.25, -0.2) is 5.90 Å². The lowest BCUT2D eigenvalue weighted by Gasteiger charge is -2.14. The maximum Gasteiger partial charge on any atom is 0.0775 e. The summed E-state index contributed by atoms with van der Waals surface area (Å²) in [4.78, 5) is 4.81. The van der Waals surface area contributed by atoms with Crippen molar-refractivity contribution in [2.24, 2.45) is 5.90 Å². The van der Waals surface area contributed by atoms with Crippen molar-refractivity contribution in [3.63, 3.8) is 0 Å². The average Bonchev–Trinajstić information content (AvgIpc) is 3.14. The van der Waals surface area contributed by atoms with Gasteiger partial charge in [0.05, 0.1) is 6.61 Å². The second-order valence-corrected chi connectivity index (χ2v) is 4.99. The van der Waals surface area contributed by atoms with Gasteiger partial charge in [0.2, 0.25) is 0 Å². The van der Waals surface area contributed by atoms with E-state index in [2.05, 4.69) is 24.3 Å². The number of hydrogen-bond donors (Lipinski definition) is 1. The molecule has 0 atom stereocenters. The molecule has 3 rings (SSSR count). The van der Waals surface area contributed by atoms with Crippen LogP contribution in [0.2, 0.25) is 0 Å². The maximum absolute atomic E-state index is 5.18. The van der Waals surface area contributed by atoms with Crippen LogP contribution in [0, 0.1) is 0 Å². The molecule has 0 heterocycles. The molecule has 0 saturated heterocycles. The minimum Gasteiger partial charge on any atom is -0.304 e. The molecular formula is C13H17NO. The third-order valence-corrected chi connectivity index (χ3v) is 3.78. The highest BCUT2D eigenvalue weighted by Gasteiger charge is 2.44. The molecule has 2 heteroatoms. The Kier molecular flexibility index (Phi) is 2.08. The van der Waals surface area contributed by atoms with E-state index in [9.17, 15) is 0 Å². The van der Waals surface area contributed by atoms with Crippen LogP contribution in [0.25, 0.3) is 0 Å². The van der Waals surface area contributed by atoms with Gasteiger partial charge in [0.25, 0.3) is 0 Å². The number of hydrogen-bond acceptors (Lipinski definition) is 2. The van der Waals surface area contributed by atoms with Gasteiger partial charge < -0.3 is 4.84 Å². The lowest BCUT2D eigenvalue weighted by Crippen LogP contribution is -2.17. The number of nitrogens with two attached hydrogens (primary N) is 1. The van der Waals surface area contributed by atoms with E-state index < -0.39 is 0 Å². The van der Waals surface area contributed by atoms with E-state index in [4.69, 9.17) is 10.7 Å². The van der Waals surface area contributed by atoms with Crippen molar-refractivity contribution in [2.45, 2.75) is 37.0 Å². The molecule has 2 N–H and O–H groups in total. The first-order chi connectivity index (χ1) is 7.34. The Hall–Kier alpha value is -0.860. The first-order valence-corrected chi connectivity index (χ1v) is 5.76. The summed E-state index contributed by atoms with van der Waals surface area (Å²) in [7, 11) is 0. The molecule has 0 amide bonds. The Balaban J connectivity index is 1.80. The van der Waals surface area contributed by atoms with Crippen LogP contribution in [-0.4, -0.2) is 6.61 Å². The first kappa shape index (κ1) is 9.37. The molecule has 0 aliphatic heterocycles. The Bertz CT molecular complexity index is 349. The zero-order chi connectivity index (χ0) is 10.3. The number of benzene rings is 1. The second kappa shape index (κ2) is 3.32. The van der Waals surface area contributed by atoms with Crippen LogP contribution in [0.1, 0.15) is 42.7 Å². The van der Waals surface area contributed by atoms with Crippen LogP contribution in [-0.2, 0) is 10.3 Å². The molecule has 2 aliphatic carbocycles. The van der Waals surface area contributed by atoms with Crippen molar-refractivity contribution in [2.75, 3.05) is 6.61 Å². The third kappa shape index (κ3) is 1.68. The van der Waals surface area contributed by atoms with Crippen LogP contribution < -0.4 is 5.90 Å². The Morgan fingerprint density at radius 3 is 2.33 bits per heavy atom. The molecule has 0 aromatic heterocycles. The highest BCUT2D eigenvalue weighted by molar-refractivity contribution is 5.36. The third-order valence-electron chi connectivity index (χ3n) is 3.78. The largest absolute Gasteiger partial charge is 0.304 e. The normalized spacial score (nSPS) is 22.7. The first-order valence-electron chi connectivity index (χ1n) is 5.76. The Morgan fingerprint density at radius 2 is 1.87 bits per heavy atom. The van der Waals surface area contributed by atoms with Crippen LogP contribution in [0.4, 0.5) is 0 Å². The van der Waals surface area contributed by atoms with E-state index in [1.165, 1.54) is 36.8 Å². The van der Waals surface area contributed by atoms with Gasteiger partial charge in [-0.2, -0.15) is 0 Å². The van der Waals surface area contributed by atoms with Gasteiger partial charge in [0, 0.05) is 5.41 Å². The van der Waals surface area contributed by atoms with Gasteiger partial charge in [-0.1, -0.05) is 24.3 Å². The predicted molar refractivity (Wildman–Crippen MR) is 59.5 cm³/mol. The van der Waals surface area contributed by atoms with E-state index >= 15 is 0 Å². The van der Waals surface area contributed by atoms with Crippen LogP contribution >= 0.6 is 0 Å². The number of rotatable bonds is 4. The standard InChI is InChI=1S/C13H17NO/c14-15-9-13(7-8-13)12-5-3-11(4-6-12)10-1-2-10/h3-6,10H,1-2,7-9,14H2. The van der Waals surface area contributed by atoms with Gasteiger partial charge in [0.15, 0.2) is 0 Å². The molecule has 0 radical (unpaired) electrons. The molecule has 0 unspecified atom stereocenters. The molecule has 2 nitrogen and oxygen atoms in total. The quantitative estimate of drug-likeness (QED) is 0.763. The maximum atomic E-state index is 5.18. The smallest absolute Gasteiger partial charge is 0.0775 e. The summed E-state index contributed by atoms with van der Waals surface area (Å²) >= 11 is 0. The highest BCUT2D eigenvalue weighted by atomic mass is 16.6. The van der Waals surface area contributed by atoms with Crippen molar-refractivity contribution in [1.29, 1.82) is 0 Å². The Morgan fingerprint density at radius 1 is 1.20 bits per heavy atom. The van der Waals surface area contributed by atoms with Gasteiger partial charge >= 0.3 is 0 Å².